The molecule has 0 aliphatic heterocycles. The Morgan fingerprint density at radius 3 is 2.60 bits per heavy atom. The van der Waals surface area contributed by atoms with Gasteiger partial charge in [-0.15, -0.1) is 0 Å². The predicted molar refractivity (Wildman–Crippen MR) is 81.5 cm³/mol. The van der Waals surface area contributed by atoms with Crippen LogP contribution in [0.1, 0.15) is 31.6 Å². The third kappa shape index (κ3) is 2.35. The molecule has 0 saturated carbocycles. The summed E-state index contributed by atoms with van der Waals surface area (Å²) in [4.78, 5) is 0. The smallest absolute Gasteiger partial charge is 0.142 e. The molecule has 0 amide bonds. The summed E-state index contributed by atoms with van der Waals surface area (Å²) in [6.07, 6.45) is 1.14. The summed E-state index contributed by atoms with van der Waals surface area (Å²) in [5.41, 5.74) is 3.05. The van der Waals surface area contributed by atoms with Crippen LogP contribution in [-0.2, 0) is 0 Å². The molecule has 2 heteroatoms. The minimum atomic E-state index is -0.518. The van der Waals surface area contributed by atoms with Crippen molar-refractivity contribution in [2.24, 2.45) is 0 Å². The number of para-hydroxylation sites is 1. The second kappa shape index (κ2) is 5.51. The minimum Gasteiger partial charge on any atom is -0.458 e. The van der Waals surface area contributed by atoms with E-state index in [1.54, 1.807) is 0 Å². The number of hydrogen-bond acceptors (Lipinski definition) is 2. The molecule has 20 heavy (non-hydrogen) atoms. The van der Waals surface area contributed by atoms with Gasteiger partial charge in [0.1, 0.15) is 17.4 Å². The predicted octanol–water partition coefficient (Wildman–Crippen LogP) is 4.93. The van der Waals surface area contributed by atoms with Gasteiger partial charge in [-0.05, 0) is 18.1 Å². The number of aliphatic hydroxyl groups excluding tert-OH is 1. The van der Waals surface area contributed by atoms with Crippen LogP contribution < -0.4 is 0 Å². The zero-order valence-corrected chi connectivity index (χ0v) is 11.5. The van der Waals surface area contributed by atoms with Gasteiger partial charge in [-0.1, -0.05) is 61.9 Å². The summed E-state index contributed by atoms with van der Waals surface area (Å²) in [7, 11) is 0. The van der Waals surface area contributed by atoms with Crippen molar-refractivity contribution in [2.45, 2.75) is 25.9 Å². The fourth-order valence-electron chi connectivity index (χ4n) is 2.51. The molecule has 2 nitrogen and oxygen atoms in total. The van der Waals surface area contributed by atoms with Crippen LogP contribution in [0.4, 0.5) is 0 Å². The van der Waals surface area contributed by atoms with Crippen molar-refractivity contribution in [1.82, 2.24) is 0 Å². The lowest BCUT2D eigenvalue weighted by Gasteiger charge is -2.05. The maximum atomic E-state index is 10.1. The molecule has 3 rings (SSSR count). The summed E-state index contributed by atoms with van der Waals surface area (Å²) in [5.74, 6) is 0.658. The Morgan fingerprint density at radius 1 is 1.05 bits per heavy atom. The van der Waals surface area contributed by atoms with Gasteiger partial charge >= 0.3 is 0 Å². The summed E-state index contributed by atoms with van der Waals surface area (Å²) in [5, 5.41) is 11.1. The van der Waals surface area contributed by atoms with Crippen LogP contribution in [0.2, 0.25) is 0 Å². The van der Waals surface area contributed by atoms with Crippen molar-refractivity contribution in [1.29, 1.82) is 0 Å². The van der Waals surface area contributed by atoms with Gasteiger partial charge in [0.05, 0.1) is 0 Å². The number of aliphatic hydroxyl groups is 1. The molecule has 0 saturated heterocycles. The second-order valence-corrected chi connectivity index (χ2v) is 5.04. The molecule has 0 spiro atoms. The van der Waals surface area contributed by atoms with Gasteiger partial charge in [0.2, 0.25) is 0 Å². The number of furan rings is 1. The van der Waals surface area contributed by atoms with Crippen molar-refractivity contribution in [3.63, 3.8) is 0 Å². The van der Waals surface area contributed by atoms with E-state index in [0.717, 1.165) is 34.9 Å². The molecule has 2 aromatic carbocycles. The second-order valence-electron chi connectivity index (χ2n) is 5.04. The SMILES string of the molecule is CCCC(O)c1cc2cccc(-c3ccccc3)c2o1. The highest BCUT2D eigenvalue weighted by Crippen LogP contribution is 2.33. The Morgan fingerprint density at radius 2 is 1.85 bits per heavy atom. The molecule has 0 fully saturated rings. The van der Waals surface area contributed by atoms with Crippen LogP contribution in [0, 0.1) is 0 Å². The maximum Gasteiger partial charge on any atom is 0.142 e. The van der Waals surface area contributed by atoms with Crippen molar-refractivity contribution < 1.29 is 9.52 Å². The van der Waals surface area contributed by atoms with Gasteiger partial charge in [0.15, 0.2) is 0 Å². The summed E-state index contributed by atoms with van der Waals surface area (Å²) in [6.45, 7) is 2.06. The van der Waals surface area contributed by atoms with Gasteiger partial charge in [0, 0.05) is 10.9 Å². The van der Waals surface area contributed by atoms with Crippen LogP contribution in [0.25, 0.3) is 22.1 Å². The zero-order valence-electron chi connectivity index (χ0n) is 11.5. The van der Waals surface area contributed by atoms with Crippen molar-refractivity contribution >= 4 is 11.0 Å². The first-order valence-electron chi connectivity index (χ1n) is 7.05. The Kier molecular flexibility index (Phi) is 3.57. The van der Waals surface area contributed by atoms with Crippen molar-refractivity contribution in [3.05, 3.63) is 60.4 Å². The Balaban J connectivity index is 2.10. The molecular formula is C18H18O2. The van der Waals surface area contributed by atoms with E-state index in [-0.39, 0.29) is 0 Å². The lowest BCUT2D eigenvalue weighted by molar-refractivity contribution is 0.141. The quantitative estimate of drug-likeness (QED) is 0.726. The van der Waals surface area contributed by atoms with E-state index in [4.69, 9.17) is 4.42 Å². The van der Waals surface area contributed by atoms with Gasteiger partial charge in [-0.2, -0.15) is 0 Å². The molecule has 3 aromatic rings. The van der Waals surface area contributed by atoms with E-state index in [2.05, 4.69) is 25.1 Å². The molecule has 0 aliphatic carbocycles. The summed E-state index contributed by atoms with van der Waals surface area (Å²) >= 11 is 0. The molecule has 1 unspecified atom stereocenters. The van der Waals surface area contributed by atoms with E-state index >= 15 is 0 Å². The molecule has 1 atom stereocenters. The van der Waals surface area contributed by atoms with Crippen molar-refractivity contribution in [3.8, 4) is 11.1 Å². The first-order valence-corrected chi connectivity index (χ1v) is 7.05. The fraction of sp³-hybridized carbons (Fsp3) is 0.222. The lowest BCUT2D eigenvalue weighted by atomic mass is 10.0. The molecule has 1 N–H and O–H groups in total. The van der Waals surface area contributed by atoms with E-state index in [1.165, 1.54) is 0 Å². The molecule has 1 heterocycles. The molecule has 102 valence electrons. The number of benzene rings is 2. The fourth-order valence-corrected chi connectivity index (χ4v) is 2.51. The van der Waals surface area contributed by atoms with E-state index in [9.17, 15) is 5.11 Å². The number of hydrogen-bond donors (Lipinski definition) is 1. The first kappa shape index (κ1) is 12.9. The first-order chi connectivity index (χ1) is 9.79. The highest BCUT2D eigenvalue weighted by atomic mass is 16.4. The van der Waals surface area contributed by atoms with E-state index < -0.39 is 6.10 Å². The molecule has 0 radical (unpaired) electrons. The third-order valence-electron chi connectivity index (χ3n) is 3.54. The zero-order chi connectivity index (χ0) is 13.9. The van der Waals surface area contributed by atoms with Gasteiger partial charge < -0.3 is 9.52 Å². The molecule has 0 bridgehead atoms. The van der Waals surface area contributed by atoms with Gasteiger partial charge in [-0.3, -0.25) is 0 Å². The third-order valence-corrected chi connectivity index (χ3v) is 3.54. The monoisotopic (exact) mass is 266 g/mol. The average molecular weight is 266 g/mol. The van der Waals surface area contributed by atoms with Gasteiger partial charge in [-0.25, -0.2) is 0 Å². The molecular weight excluding hydrogens is 248 g/mol. The number of fused-ring (bicyclic) bond motifs is 1. The largest absolute Gasteiger partial charge is 0.458 e. The van der Waals surface area contributed by atoms with Crippen molar-refractivity contribution in [2.75, 3.05) is 0 Å². The topological polar surface area (TPSA) is 33.4 Å². The van der Waals surface area contributed by atoms with E-state index in [0.29, 0.717) is 5.76 Å². The van der Waals surface area contributed by atoms with Crippen LogP contribution in [0.5, 0.6) is 0 Å². The average Bonchev–Trinajstić information content (AvgIpc) is 2.92. The maximum absolute atomic E-state index is 10.1. The summed E-state index contributed by atoms with van der Waals surface area (Å²) < 4.78 is 5.92. The normalized spacial score (nSPS) is 12.7. The van der Waals surface area contributed by atoms with Crippen LogP contribution in [0.15, 0.2) is 59.0 Å². The lowest BCUT2D eigenvalue weighted by Crippen LogP contribution is -1.93. The van der Waals surface area contributed by atoms with Crippen LogP contribution in [-0.4, -0.2) is 5.11 Å². The van der Waals surface area contributed by atoms with Gasteiger partial charge in [0.25, 0.3) is 0 Å². The Bertz CT molecular complexity index is 698. The van der Waals surface area contributed by atoms with Crippen LogP contribution in [0.3, 0.4) is 0 Å². The van der Waals surface area contributed by atoms with Crippen LogP contribution >= 0.6 is 0 Å². The number of rotatable bonds is 4. The Hall–Kier alpha value is -2.06. The Labute approximate surface area is 118 Å². The summed E-state index contributed by atoms with van der Waals surface area (Å²) in [6, 6.07) is 18.2. The molecule has 1 aromatic heterocycles. The molecule has 0 aliphatic rings. The minimum absolute atomic E-state index is 0.518. The standard InChI is InChI=1S/C18H18O2/c1-2-7-16(19)17-12-14-10-6-11-15(18(14)20-17)13-8-4-3-5-9-13/h3-6,8-12,16,19H,2,7H2,1H3. The highest BCUT2D eigenvalue weighted by Gasteiger charge is 2.14. The van der Waals surface area contributed by atoms with E-state index in [1.807, 2.05) is 36.4 Å². The highest BCUT2D eigenvalue weighted by molar-refractivity contribution is 5.92.